The number of anilines is 1. The van der Waals surface area contributed by atoms with Gasteiger partial charge in [-0.15, -0.1) is 0 Å². The van der Waals surface area contributed by atoms with Crippen molar-refractivity contribution >= 4 is 17.6 Å². The molecule has 5 rings (SSSR count). The number of hydrogen-bond acceptors (Lipinski definition) is 7. The van der Waals surface area contributed by atoms with Crippen molar-refractivity contribution in [3.8, 4) is 22.6 Å². The molecule has 5 heterocycles. The largest absolute Gasteiger partial charge is 0.478 e. The van der Waals surface area contributed by atoms with E-state index in [4.69, 9.17) is 4.74 Å². The number of aromatic nitrogens is 5. The molecule has 4 aromatic heterocycles. The molecule has 0 bridgehead atoms. The Kier molecular flexibility index (Phi) is 5.33. The molecule has 1 fully saturated rings. The van der Waals surface area contributed by atoms with Gasteiger partial charge in [0.25, 0.3) is 5.91 Å². The number of carbonyl (C=O) groups is 2. The van der Waals surface area contributed by atoms with Crippen LogP contribution in [0.15, 0.2) is 67.4 Å². The van der Waals surface area contributed by atoms with Crippen LogP contribution < -0.4 is 5.32 Å². The van der Waals surface area contributed by atoms with Crippen LogP contribution in [0.4, 0.5) is 5.69 Å². The number of ether oxygens (including phenoxy) is 1. The maximum atomic E-state index is 13.3. The number of carbonyl (C=O) groups excluding carboxylic acids is 1. The summed E-state index contributed by atoms with van der Waals surface area (Å²) < 4.78 is 7.04. The molecular weight excluding hydrogens is 424 g/mol. The number of nitrogens with one attached hydrogen (secondary N) is 1. The van der Waals surface area contributed by atoms with E-state index in [0.717, 1.165) is 0 Å². The summed E-state index contributed by atoms with van der Waals surface area (Å²) >= 11 is 0. The first-order valence-corrected chi connectivity index (χ1v) is 10.1. The molecule has 1 amide bonds. The Bertz CT molecular complexity index is 1330. The maximum absolute atomic E-state index is 13.3. The predicted molar refractivity (Wildman–Crippen MR) is 118 cm³/mol. The predicted octanol–water partition coefficient (Wildman–Crippen LogP) is 2.92. The first kappa shape index (κ1) is 20.5. The van der Waals surface area contributed by atoms with Crippen molar-refractivity contribution in [1.29, 1.82) is 0 Å². The average Bonchev–Trinajstić information content (AvgIpc) is 3.21. The molecule has 0 radical (unpaired) electrons. The van der Waals surface area contributed by atoms with Crippen molar-refractivity contribution in [3.05, 3.63) is 78.5 Å². The van der Waals surface area contributed by atoms with E-state index in [-0.39, 0.29) is 17.2 Å². The van der Waals surface area contributed by atoms with Crippen molar-refractivity contribution in [3.63, 3.8) is 0 Å². The summed E-state index contributed by atoms with van der Waals surface area (Å²) in [7, 11) is 0. The molecule has 0 unspecified atom stereocenters. The van der Waals surface area contributed by atoms with Gasteiger partial charge in [-0.05, 0) is 30.3 Å². The zero-order chi connectivity index (χ0) is 22.8. The van der Waals surface area contributed by atoms with Gasteiger partial charge in [-0.3, -0.25) is 24.4 Å². The van der Waals surface area contributed by atoms with Gasteiger partial charge < -0.3 is 15.2 Å². The molecule has 2 N–H and O–H groups in total. The van der Waals surface area contributed by atoms with Crippen LogP contribution in [0, 0.1) is 0 Å². The Labute approximate surface area is 187 Å². The molecule has 33 heavy (non-hydrogen) atoms. The Morgan fingerprint density at radius 2 is 1.91 bits per heavy atom. The van der Waals surface area contributed by atoms with Crippen LogP contribution in [-0.4, -0.2) is 54.9 Å². The van der Waals surface area contributed by atoms with E-state index < -0.39 is 11.9 Å². The van der Waals surface area contributed by atoms with Gasteiger partial charge in [-0.25, -0.2) is 4.79 Å². The SMILES string of the molecule is O=C(O)c1cncc(-c2ncccc2C(=O)Nc2cn(C3COC3)nc2-c2ccccn2)c1. The number of hydrogen-bond donors (Lipinski definition) is 2. The zero-order valence-electron chi connectivity index (χ0n) is 17.3. The molecular formula is C23H18N6O4. The maximum Gasteiger partial charge on any atom is 0.337 e. The van der Waals surface area contributed by atoms with Crippen molar-refractivity contribution in [2.45, 2.75) is 6.04 Å². The standard InChI is InChI=1S/C23H18N6O4/c30-22(17-4-3-7-26-20(17)14-8-15(23(31)32)10-24-9-14)27-19-11-29(16-12-33-13-16)28-21(19)18-5-1-2-6-25-18/h1-11,16H,12-13H2,(H,27,30)(H,31,32). The van der Waals surface area contributed by atoms with Crippen molar-refractivity contribution in [1.82, 2.24) is 24.7 Å². The number of amides is 1. The van der Waals surface area contributed by atoms with Crippen LogP contribution in [0.1, 0.15) is 26.8 Å². The lowest BCUT2D eigenvalue weighted by Crippen LogP contribution is -2.30. The second-order valence-electron chi connectivity index (χ2n) is 7.40. The second kappa shape index (κ2) is 8.60. The van der Waals surface area contributed by atoms with Gasteiger partial charge in [0.1, 0.15) is 5.69 Å². The fourth-order valence-corrected chi connectivity index (χ4v) is 3.43. The van der Waals surface area contributed by atoms with Crippen LogP contribution in [0.25, 0.3) is 22.6 Å². The number of nitrogens with zero attached hydrogens (tertiary/aromatic N) is 5. The minimum atomic E-state index is -1.11. The third-order valence-corrected chi connectivity index (χ3v) is 5.19. The number of carboxylic acids is 1. The van der Waals surface area contributed by atoms with Crippen molar-refractivity contribution in [2.75, 3.05) is 18.5 Å². The highest BCUT2D eigenvalue weighted by molar-refractivity contribution is 6.09. The monoisotopic (exact) mass is 442 g/mol. The Balaban J connectivity index is 1.51. The average molecular weight is 442 g/mol. The molecule has 0 aromatic carbocycles. The summed E-state index contributed by atoms with van der Waals surface area (Å²) in [5, 5.41) is 16.8. The van der Waals surface area contributed by atoms with E-state index in [1.807, 2.05) is 12.1 Å². The summed E-state index contributed by atoms with van der Waals surface area (Å²) in [6.07, 6.45) is 7.67. The molecule has 4 aromatic rings. The van der Waals surface area contributed by atoms with Crippen LogP contribution in [0.3, 0.4) is 0 Å². The lowest BCUT2D eigenvalue weighted by Gasteiger charge is -2.25. The van der Waals surface area contributed by atoms with Crippen LogP contribution >= 0.6 is 0 Å². The van der Waals surface area contributed by atoms with Gasteiger partial charge >= 0.3 is 5.97 Å². The molecule has 1 aliphatic rings. The first-order valence-electron chi connectivity index (χ1n) is 10.1. The molecule has 164 valence electrons. The molecule has 0 atom stereocenters. The highest BCUT2D eigenvalue weighted by Crippen LogP contribution is 2.29. The highest BCUT2D eigenvalue weighted by atomic mass is 16.5. The first-order chi connectivity index (χ1) is 16.1. The summed E-state index contributed by atoms with van der Waals surface area (Å²) in [4.78, 5) is 37.3. The van der Waals surface area contributed by atoms with E-state index in [2.05, 4.69) is 25.4 Å². The summed E-state index contributed by atoms with van der Waals surface area (Å²) in [5.41, 5.74) is 2.68. The van der Waals surface area contributed by atoms with E-state index in [9.17, 15) is 14.7 Å². The minimum Gasteiger partial charge on any atom is -0.478 e. The molecule has 0 aliphatic carbocycles. The highest BCUT2D eigenvalue weighted by Gasteiger charge is 2.25. The lowest BCUT2D eigenvalue weighted by molar-refractivity contribution is -0.0285. The van der Waals surface area contributed by atoms with E-state index >= 15 is 0 Å². The summed E-state index contributed by atoms with van der Waals surface area (Å²) in [6.45, 7) is 1.10. The smallest absolute Gasteiger partial charge is 0.337 e. The van der Waals surface area contributed by atoms with Crippen molar-refractivity contribution < 1.29 is 19.4 Å². The quantitative estimate of drug-likeness (QED) is 0.466. The number of carboxylic acid groups (broad SMARTS) is 1. The van der Waals surface area contributed by atoms with Gasteiger partial charge in [-0.1, -0.05) is 6.07 Å². The molecule has 0 spiro atoms. The molecule has 1 aliphatic heterocycles. The van der Waals surface area contributed by atoms with Crippen LogP contribution in [-0.2, 0) is 4.74 Å². The minimum absolute atomic E-state index is 0.00550. The van der Waals surface area contributed by atoms with Crippen LogP contribution in [0.5, 0.6) is 0 Å². The fourth-order valence-electron chi connectivity index (χ4n) is 3.43. The van der Waals surface area contributed by atoms with Gasteiger partial charge in [0.05, 0.1) is 47.5 Å². The Hall–Kier alpha value is -4.44. The Morgan fingerprint density at radius 1 is 1.06 bits per heavy atom. The second-order valence-corrected chi connectivity index (χ2v) is 7.40. The number of aromatic carboxylic acids is 1. The molecule has 0 saturated carbocycles. The summed E-state index contributed by atoms with van der Waals surface area (Å²) in [6, 6.07) is 10.3. The third kappa shape index (κ3) is 4.06. The van der Waals surface area contributed by atoms with Gasteiger partial charge in [0.15, 0.2) is 0 Å². The Morgan fingerprint density at radius 3 is 2.64 bits per heavy atom. The summed E-state index contributed by atoms with van der Waals surface area (Å²) in [5.74, 6) is -1.53. The zero-order valence-corrected chi connectivity index (χ0v) is 17.3. The van der Waals surface area contributed by atoms with Gasteiger partial charge in [0, 0.05) is 36.5 Å². The lowest BCUT2D eigenvalue weighted by atomic mass is 10.1. The number of pyridine rings is 3. The van der Waals surface area contributed by atoms with E-state index in [1.165, 1.54) is 24.7 Å². The van der Waals surface area contributed by atoms with E-state index in [1.54, 1.807) is 35.3 Å². The molecule has 10 heteroatoms. The van der Waals surface area contributed by atoms with Gasteiger partial charge in [-0.2, -0.15) is 5.10 Å². The van der Waals surface area contributed by atoms with Crippen LogP contribution in [0.2, 0.25) is 0 Å². The number of rotatable bonds is 6. The molecule has 1 saturated heterocycles. The van der Waals surface area contributed by atoms with Crippen molar-refractivity contribution in [2.24, 2.45) is 0 Å². The normalized spacial score (nSPS) is 13.3. The van der Waals surface area contributed by atoms with E-state index in [0.29, 0.717) is 41.5 Å². The van der Waals surface area contributed by atoms with Gasteiger partial charge in [0.2, 0.25) is 0 Å². The molecule has 10 nitrogen and oxygen atoms in total. The topological polar surface area (TPSA) is 132 Å². The third-order valence-electron chi connectivity index (χ3n) is 5.19. The fraction of sp³-hybridized carbons (Fsp3) is 0.130.